The lowest BCUT2D eigenvalue weighted by Crippen LogP contribution is -2.28. The van der Waals surface area contributed by atoms with Gasteiger partial charge in [-0.25, -0.2) is 4.79 Å². The third kappa shape index (κ3) is 6.35. The van der Waals surface area contributed by atoms with Gasteiger partial charge in [-0.2, -0.15) is 0 Å². The molecule has 1 aromatic rings. The number of nitrogens with one attached hydrogen (secondary N) is 1. The molecule has 0 fully saturated rings. The van der Waals surface area contributed by atoms with Crippen LogP contribution < -0.4 is 10.1 Å². The first-order valence-electron chi connectivity index (χ1n) is 8.00. The van der Waals surface area contributed by atoms with Gasteiger partial charge < -0.3 is 14.4 Å². The van der Waals surface area contributed by atoms with Crippen molar-refractivity contribution in [3.8, 4) is 5.75 Å². The van der Waals surface area contributed by atoms with Gasteiger partial charge in [0.1, 0.15) is 12.4 Å². The second kappa shape index (κ2) is 10.1. The van der Waals surface area contributed by atoms with Crippen molar-refractivity contribution in [2.75, 3.05) is 38.2 Å². The fourth-order valence-electron chi connectivity index (χ4n) is 2.04. The Morgan fingerprint density at radius 1 is 1.18 bits per heavy atom. The van der Waals surface area contributed by atoms with Crippen molar-refractivity contribution in [1.29, 1.82) is 0 Å². The number of carbonyl (C=O) groups is 1. The van der Waals surface area contributed by atoms with Crippen molar-refractivity contribution >= 4 is 11.8 Å². The van der Waals surface area contributed by atoms with Crippen molar-refractivity contribution in [2.24, 2.45) is 0 Å². The molecule has 0 saturated heterocycles. The van der Waals surface area contributed by atoms with Gasteiger partial charge in [0, 0.05) is 12.2 Å². The van der Waals surface area contributed by atoms with Crippen LogP contribution in [0.5, 0.6) is 5.75 Å². The SMILES string of the molecule is CCCOc1ccc(NC(=O)OCCN(CC)CC)c(C)c1. The van der Waals surface area contributed by atoms with Crippen LogP contribution in [0.25, 0.3) is 0 Å². The van der Waals surface area contributed by atoms with Crippen LogP contribution in [0.4, 0.5) is 10.5 Å². The van der Waals surface area contributed by atoms with Gasteiger partial charge >= 0.3 is 6.09 Å². The van der Waals surface area contributed by atoms with E-state index in [4.69, 9.17) is 9.47 Å². The van der Waals surface area contributed by atoms with Crippen LogP contribution in [0, 0.1) is 6.92 Å². The summed E-state index contributed by atoms with van der Waals surface area (Å²) >= 11 is 0. The van der Waals surface area contributed by atoms with Crippen LogP contribution in [-0.4, -0.2) is 43.8 Å². The number of hydrogen-bond acceptors (Lipinski definition) is 4. The van der Waals surface area contributed by atoms with Gasteiger partial charge in [0.15, 0.2) is 0 Å². The summed E-state index contributed by atoms with van der Waals surface area (Å²) in [5.41, 5.74) is 1.70. The van der Waals surface area contributed by atoms with E-state index in [1.54, 1.807) is 0 Å². The number of carbonyl (C=O) groups excluding carboxylic acids is 1. The first-order chi connectivity index (χ1) is 10.6. The van der Waals surface area contributed by atoms with E-state index in [2.05, 4.69) is 31.0 Å². The molecule has 1 N–H and O–H groups in total. The zero-order chi connectivity index (χ0) is 16.4. The van der Waals surface area contributed by atoms with Gasteiger partial charge in [0.2, 0.25) is 0 Å². The van der Waals surface area contributed by atoms with E-state index < -0.39 is 6.09 Å². The highest BCUT2D eigenvalue weighted by Crippen LogP contribution is 2.21. The first-order valence-corrected chi connectivity index (χ1v) is 8.00. The second-order valence-corrected chi connectivity index (χ2v) is 5.11. The first kappa shape index (κ1) is 18.3. The number of rotatable bonds is 9. The predicted molar refractivity (Wildman–Crippen MR) is 89.7 cm³/mol. The Kier molecular flexibility index (Phi) is 8.36. The molecule has 1 amide bonds. The molecule has 0 unspecified atom stereocenters. The van der Waals surface area contributed by atoms with Gasteiger partial charge in [0.05, 0.1) is 6.61 Å². The van der Waals surface area contributed by atoms with Crippen molar-refractivity contribution in [1.82, 2.24) is 4.90 Å². The summed E-state index contributed by atoms with van der Waals surface area (Å²) in [5.74, 6) is 0.819. The van der Waals surface area contributed by atoms with Crippen LogP contribution in [0.1, 0.15) is 32.8 Å². The van der Waals surface area contributed by atoms with Gasteiger partial charge in [-0.1, -0.05) is 20.8 Å². The van der Waals surface area contributed by atoms with Crippen molar-refractivity contribution < 1.29 is 14.3 Å². The minimum atomic E-state index is -0.419. The molecule has 5 heteroatoms. The van der Waals surface area contributed by atoms with Gasteiger partial charge in [-0.3, -0.25) is 5.32 Å². The lowest BCUT2D eigenvalue weighted by molar-refractivity contribution is 0.142. The lowest BCUT2D eigenvalue weighted by atomic mass is 10.2. The zero-order valence-electron chi connectivity index (χ0n) is 14.1. The molecule has 0 aliphatic rings. The number of likely N-dealkylation sites (N-methyl/N-ethyl adjacent to an activating group) is 1. The summed E-state index contributed by atoms with van der Waals surface area (Å²) < 4.78 is 10.8. The topological polar surface area (TPSA) is 50.8 Å². The Morgan fingerprint density at radius 3 is 2.50 bits per heavy atom. The number of ether oxygens (including phenoxy) is 2. The molecule has 0 spiro atoms. The average molecular weight is 308 g/mol. The molecule has 1 rings (SSSR count). The molecule has 0 aromatic heterocycles. The highest BCUT2D eigenvalue weighted by atomic mass is 16.5. The molecule has 0 heterocycles. The van der Waals surface area contributed by atoms with E-state index in [1.165, 1.54) is 0 Å². The highest BCUT2D eigenvalue weighted by Gasteiger charge is 2.07. The van der Waals surface area contributed by atoms with E-state index >= 15 is 0 Å². The van der Waals surface area contributed by atoms with Crippen LogP contribution in [0.15, 0.2) is 18.2 Å². The van der Waals surface area contributed by atoms with Crippen molar-refractivity contribution in [3.05, 3.63) is 23.8 Å². The molecule has 0 aliphatic carbocycles. The van der Waals surface area contributed by atoms with Crippen molar-refractivity contribution in [3.63, 3.8) is 0 Å². The fourth-order valence-corrected chi connectivity index (χ4v) is 2.04. The summed E-state index contributed by atoms with van der Waals surface area (Å²) in [4.78, 5) is 14.0. The Labute approximate surface area is 133 Å². The van der Waals surface area contributed by atoms with Crippen LogP contribution in [0.3, 0.4) is 0 Å². The second-order valence-electron chi connectivity index (χ2n) is 5.11. The number of hydrogen-bond donors (Lipinski definition) is 1. The monoisotopic (exact) mass is 308 g/mol. The Morgan fingerprint density at radius 2 is 1.91 bits per heavy atom. The molecule has 1 aromatic carbocycles. The zero-order valence-corrected chi connectivity index (χ0v) is 14.1. The van der Waals surface area contributed by atoms with E-state index in [1.807, 2.05) is 25.1 Å². The number of anilines is 1. The molecule has 0 aliphatic heterocycles. The van der Waals surface area contributed by atoms with Crippen LogP contribution in [-0.2, 0) is 4.74 Å². The number of benzene rings is 1. The summed E-state index contributed by atoms with van der Waals surface area (Å²) in [6.07, 6.45) is 0.551. The van der Waals surface area contributed by atoms with Gasteiger partial charge in [-0.15, -0.1) is 0 Å². The predicted octanol–water partition coefficient (Wildman–Crippen LogP) is 3.67. The Bertz CT molecular complexity index is 459. The van der Waals surface area contributed by atoms with E-state index in [0.717, 1.165) is 43.1 Å². The standard InChI is InChI=1S/C17H28N2O3/c1-5-11-21-15-8-9-16(14(4)13-15)18-17(20)22-12-10-19(6-2)7-3/h8-9,13H,5-7,10-12H2,1-4H3,(H,18,20). The molecule has 0 bridgehead atoms. The Hall–Kier alpha value is -1.75. The summed E-state index contributed by atoms with van der Waals surface area (Å²) in [6.45, 7) is 11.9. The van der Waals surface area contributed by atoms with E-state index in [9.17, 15) is 4.79 Å². The minimum Gasteiger partial charge on any atom is -0.494 e. The van der Waals surface area contributed by atoms with Crippen molar-refractivity contribution in [2.45, 2.75) is 34.1 Å². The summed E-state index contributed by atoms with van der Waals surface area (Å²) in [5, 5.41) is 2.77. The summed E-state index contributed by atoms with van der Waals surface area (Å²) in [7, 11) is 0. The van der Waals surface area contributed by atoms with E-state index in [0.29, 0.717) is 13.2 Å². The molecular weight excluding hydrogens is 280 g/mol. The largest absolute Gasteiger partial charge is 0.494 e. The molecule has 22 heavy (non-hydrogen) atoms. The highest BCUT2D eigenvalue weighted by molar-refractivity contribution is 5.85. The Balaban J connectivity index is 2.44. The molecule has 124 valence electrons. The number of amides is 1. The summed E-state index contributed by atoms with van der Waals surface area (Å²) in [6, 6.07) is 5.61. The van der Waals surface area contributed by atoms with Gasteiger partial charge in [-0.05, 0) is 50.2 Å². The number of nitrogens with zero attached hydrogens (tertiary/aromatic N) is 1. The molecular formula is C17H28N2O3. The maximum atomic E-state index is 11.8. The quantitative estimate of drug-likeness (QED) is 0.756. The maximum Gasteiger partial charge on any atom is 0.411 e. The third-order valence-corrected chi connectivity index (χ3v) is 3.44. The third-order valence-electron chi connectivity index (χ3n) is 3.44. The molecule has 0 atom stereocenters. The average Bonchev–Trinajstić information content (AvgIpc) is 2.52. The van der Waals surface area contributed by atoms with E-state index in [-0.39, 0.29) is 0 Å². The lowest BCUT2D eigenvalue weighted by Gasteiger charge is -2.17. The van der Waals surface area contributed by atoms with Crippen LogP contribution in [0.2, 0.25) is 0 Å². The molecule has 0 radical (unpaired) electrons. The number of aryl methyl sites for hydroxylation is 1. The van der Waals surface area contributed by atoms with Crippen LogP contribution >= 0.6 is 0 Å². The normalized spacial score (nSPS) is 10.6. The molecule has 5 nitrogen and oxygen atoms in total. The maximum absolute atomic E-state index is 11.8. The molecule has 0 saturated carbocycles. The smallest absolute Gasteiger partial charge is 0.411 e. The minimum absolute atomic E-state index is 0.393. The van der Waals surface area contributed by atoms with Gasteiger partial charge in [0.25, 0.3) is 0 Å². The fraction of sp³-hybridized carbons (Fsp3) is 0.588.